The molecule has 0 saturated carbocycles. The number of ether oxygens (including phenoxy) is 1. The van der Waals surface area contributed by atoms with E-state index in [-0.39, 0.29) is 5.92 Å². The normalized spacial score (nSPS) is 14.4. The van der Waals surface area contributed by atoms with Crippen molar-refractivity contribution in [3.05, 3.63) is 76.0 Å². The predicted octanol–water partition coefficient (Wildman–Crippen LogP) is 6.69. The first kappa shape index (κ1) is 26.2. The number of hydrogen-bond acceptors (Lipinski definition) is 3. The van der Waals surface area contributed by atoms with Gasteiger partial charge in [0.1, 0.15) is 17.4 Å². The summed E-state index contributed by atoms with van der Waals surface area (Å²) in [5.74, 6) is 0.678. The van der Waals surface area contributed by atoms with Crippen molar-refractivity contribution < 1.29 is 13.5 Å². The second kappa shape index (κ2) is 11.8. The van der Waals surface area contributed by atoms with Crippen molar-refractivity contribution in [3.63, 3.8) is 0 Å². The summed E-state index contributed by atoms with van der Waals surface area (Å²) in [5.41, 5.74) is 5.89. The zero-order valence-corrected chi connectivity index (χ0v) is 21.4. The maximum atomic E-state index is 14.1. The van der Waals surface area contributed by atoms with Crippen LogP contribution in [0.25, 0.3) is 0 Å². The second-order valence-electron chi connectivity index (χ2n) is 10.2. The quantitative estimate of drug-likeness (QED) is 0.418. The Morgan fingerprint density at radius 2 is 1.82 bits per heavy atom. The molecule has 0 saturated heterocycles. The molecule has 5 heteroatoms. The lowest BCUT2D eigenvalue weighted by Gasteiger charge is -2.32. The average molecular weight is 471 g/mol. The molecular formula is C29H40F2N2O. The molecule has 0 fully saturated rings. The highest BCUT2D eigenvalue weighted by molar-refractivity contribution is 5.44. The lowest BCUT2D eigenvalue weighted by Crippen LogP contribution is -2.33. The van der Waals surface area contributed by atoms with Crippen LogP contribution in [0.2, 0.25) is 0 Å². The van der Waals surface area contributed by atoms with Crippen molar-refractivity contribution in [1.29, 1.82) is 0 Å². The highest BCUT2D eigenvalue weighted by Gasteiger charge is 2.19. The summed E-state index contributed by atoms with van der Waals surface area (Å²) < 4.78 is 33.7. The van der Waals surface area contributed by atoms with Gasteiger partial charge in [-0.15, -0.1) is 0 Å². The molecule has 0 amide bonds. The van der Waals surface area contributed by atoms with Crippen molar-refractivity contribution in [1.82, 2.24) is 10.2 Å². The van der Waals surface area contributed by atoms with E-state index in [1.54, 1.807) is 13.0 Å². The van der Waals surface area contributed by atoms with E-state index < -0.39 is 11.6 Å². The summed E-state index contributed by atoms with van der Waals surface area (Å²) in [6, 6.07) is 7.03. The van der Waals surface area contributed by atoms with Crippen LogP contribution in [-0.2, 0) is 19.5 Å². The molecule has 3 nitrogen and oxygen atoms in total. The SMILES string of the molecule is C=C(C(C)CNCc1cc(C)c(F)cc1F)N(Cc1cc(C)c2c(c1)OCCCC2)CC(C)C. The van der Waals surface area contributed by atoms with Crippen LogP contribution in [0.15, 0.2) is 36.5 Å². The molecule has 186 valence electrons. The van der Waals surface area contributed by atoms with Gasteiger partial charge < -0.3 is 15.0 Å². The van der Waals surface area contributed by atoms with Crippen molar-refractivity contribution in [2.24, 2.45) is 11.8 Å². The van der Waals surface area contributed by atoms with Gasteiger partial charge in [0, 0.05) is 49.4 Å². The van der Waals surface area contributed by atoms with Crippen LogP contribution >= 0.6 is 0 Å². The Kier molecular flexibility index (Phi) is 9.12. The van der Waals surface area contributed by atoms with Crippen LogP contribution in [0.3, 0.4) is 0 Å². The molecule has 34 heavy (non-hydrogen) atoms. The fourth-order valence-corrected chi connectivity index (χ4v) is 4.63. The summed E-state index contributed by atoms with van der Waals surface area (Å²) in [6.07, 6.45) is 3.36. The molecule has 2 aromatic rings. The molecule has 1 aliphatic rings. The van der Waals surface area contributed by atoms with E-state index in [9.17, 15) is 8.78 Å². The van der Waals surface area contributed by atoms with Gasteiger partial charge in [-0.1, -0.05) is 33.4 Å². The Balaban J connectivity index is 1.66. The molecule has 1 heterocycles. The summed E-state index contributed by atoms with van der Waals surface area (Å²) in [5, 5.41) is 3.33. The first-order valence-corrected chi connectivity index (χ1v) is 12.5. The number of nitrogens with zero attached hydrogens (tertiary/aromatic N) is 1. The Bertz CT molecular complexity index is 1000. The van der Waals surface area contributed by atoms with Crippen molar-refractivity contribution in [2.75, 3.05) is 19.7 Å². The minimum Gasteiger partial charge on any atom is -0.493 e. The molecule has 3 rings (SSSR count). The zero-order chi connectivity index (χ0) is 24.8. The van der Waals surface area contributed by atoms with E-state index >= 15 is 0 Å². The maximum absolute atomic E-state index is 14.1. The molecule has 1 unspecified atom stereocenters. The second-order valence-corrected chi connectivity index (χ2v) is 10.2. The molecule has 0 radical (unpaired) electrons. The number of aryl methyl sites for hydroxylation is 2. The third-order valence-corrected chi connectivity index (χ3v) is 6.60. The smallest absolute Gasteiger partial charge is 0.130 e. The van der Waals surface area contributed by atoms with E-state index in [4.69, 9.17) is 4.74 Å². The number of halogens is 2. The molecule has 1 atom stereocenters. The molecule has 1 N–H and O–H groups in total. The van der Waals surface area contributed by atoms with Crippen molar-refractivity contribution in [2.45, 2.75) is 67.0 Å². The largest absolute Gasteiger partial charge is 0.493 e. The minimum absolute atomic E-state index is 0.168. The third kappa shape index (κ3) is 6.82. The lowest BCUT2D eigenvalue weighted by molar-refractivity contribution is 0.265. The number of hydrogen-bond donors (Lipinski definition) is 1. The number of fused-ring (bicyclic) bond motifs is 1. The third-order valence-electron chi connectivity index (χ3n) is 6.60. The van der Waals surface area contributed by atoms with E-state index in [0.29, 0.717) is 30.1 Å². The Labute approximate surface area is 204 Å². The van der Waals surface area contributed by atoms with Gasteiger partial charge in [-0.05, 0) is 73.4 Å². The van der Waals surface area contributed by atoms with Gasteiger partial charge in [0.15, 0.2) is 0 Å². The van der Waals surface area contributed by atoms with Crippen LogP contribution in [-0.4, -0.2) is 24.6 Å². The molecular weight excluding hydrogens is 430 g/mol. The van der Waals surface area contributed by atoms with Gasteiger partial charge in [-0.25, -0.2) is 8.78 Å². The van der Waals surface area contributed by atoms with Crippen LogP contribution < -0.4 is 10.1 Å². The lowest BCUT2D eigenvalue weighted by atomic mass is 9.98. The first-order valence-electron chi connectivity index (χ1n) is 12.5. The summed E-state index contributed by atoms with van der Waals surface area (Å²) in [4.78, 5) is 2.36. The first-order chi connectivity index (χ1) is 16.2. The number of nitrogens with one attached hydrogen (secondary N) is 1. The fourth-order valence-electron chi connectivity index (χ4n) is 4.63. The van der Waals surface area contributed by atoms with Crippen LogP contribution in [0.5, 0.6) is 5.75 Å². The number of rotatable bonds is 10. The van der Waals surface area contributed by atoms with E-state index in [2.05, 4.69) is 56.6 Å². The highest BCUT2D eigenvalue weighted by atomic mass is 19.1. The van der Waals surface area contributed by atoms with Gasteiger partial charge in [0.25, 0.3) is 0 Å². The Morgan fingerprint density at radius 3 is 2.56 bits per heavy atom. The van der Waals surface area contributed by atoms with Crippen LogP contribution in [0, 0.1) is 37.3 Å². The predicted molar refractivity (Wildman–Crippen MR) is 136 cm³/mol. The molecule has 0 aromatic heterocycles. The topological polar surface area (TPSA) is 24.5 Å². The minimum atomic E-state index is -0.510. The van der Waals surface area contributed by atoms with Crippen molar-refractivity contribution >= 4 is 0 Å². The van der Waals surface area contributed by atoms with Crippen molar-refractivity contribution in [3.8, 4) is 5.75 Å². The van der Waals surface area contributed by atoms with Gasteiger partial charge >= 0.3 is 0 Å². The molecule has 0 aliphatic carbocycles. The summed E-state index contributed by atoms with van der Waals surface area (Å²) in [6.45, 7) is 18.3. The summed E-state index contributed by atoms with van der Waals surface area (Å²) >= 11 is 0. The van der Waals surface area contributed by atoms with Gasteiger partial charge in [0.2, 0.25) is 0 Å². The van der Waals surface area contributed by atoms with Crippen LogP contribution in [0.4, 0.5) is 8.78 Å². The monoisotopic (exact) mass is 470 g/mol. The molecule has 2 aromatic carbocycles. The molecule has 0 bridgehead atoms. The zero-order valence-electron chi connectivity index (χ0n) is 21.4. The maximum Gasteiger partial charge on any atom is 0.130 e. The van der Waals surface area contributed by atoms with Gasteiger partial charge in [-0.2, -0.15) is 0 Å². The highest BCUT2D eigenvalue weighted by Crippen LogP contribution is 2.30. The molecule has 1 aliphatic heterocycles. The Hall–Kier alpha value is -2.40. The van der Waals surface area contributed by atoms with E-state index in [1.165, 1.54) is 23.1 Å². The van der Waals surface area contributed by atoms with E-state index in [1.807, 2.05) is 0 Å². The number of benzene rings is 2. The van der Waals surface area contributed by atoms with Gasteiger partial charge in [-0.3, -0.25) is 0 Å². The average Bonchev–Trinajstić information content (AvgIpc) is 3.02. The van der Waals surface area contributed by atoms with Crippen LogP contribution in [0.1, 0.15) is 61.4 Å². The molecule has 0 spiro atoms. The standard InChI is InChI=1S/C29H40F2N2O/c1-19(2)17-33(18-24-11-20(3)26-9-7-8-10-34-29(26)13-24)23(6)22(5)15-32-16-25-12-21(4)27(30)14-28(25)31/h11-14,19,22,32H,6-10,15-18H2,1-5H3. The van der Waals surface area contributed by atoms with Gasteiger partial charge in [0.05, 0.1) is 6.61 Å². The summed E-state index contributed by atoms with van der Waals surface area (Å²) in [7, 11) is 0. The van der Waals surface area contributed by atoms with E-state index in [0.717, 1.165) is 50.1 Å². The fraction of sp³-hybridized carbons (Fsp3) is 0.517. The Morgan fingerprint density at radius 1 is 1.06 bits per heavy atom.